The van der Waals surface area contributed by atoms with Crippen LogP contribution in [0.4, 0.5) is 0 Å². The van der Waals surface area contributed by atoms with Crippen LogP contribution in [-0.2, 0) is 0 Å². The highest BCUT2D eigenvalue weighted by Gasteiger charge is 2.28. The first kappa shape index (κ1) is 14.4. The average Bonchev–Trinajstić information content (AvgIpc) is 2.55. The molecule has 1 atom stereocenters. The Morgan fingerprint density at radius 2 is 2.29 bits per heavy atom. The molecule has 0 radical (unpaired) electrons. The second-order valence-electron chi connectivity index (χ2n) is 5.22. The van der Waals surface area contributed by atoms with E-state index in [1.165, 1.54) is 0 Å². The number of para-hydroxylation sites is 1. The summed E-state index contributed by atoms with van der Waals surface area (Å²) in [5.41, 5.74) is 2.50. The van der Waals surface area contributed by atoms with Crippen molar-refractivity contribution in [3.05, 3.63) is 41.6 Å². The maximum atomic E-state index is 12.8. The van der Waals surface area contributed by atoms with Crippen molar-refractivity contribution in [2.24, 2.45) is 0 Å². The molecule has 4 nitrogen and oxygen atoms in total. The SMILES string of the molecule is Cc1c(C(=O)N2CCSCC2CO)cnc2ccccc12. The molecule has 0 saturated carbocycles. The largest absolute Gasteiger partial charge is 0.394 e. The predicted molar refractivity (Wildman–Crippen MR) is 85.7 cm³/mol. The second kappa shape index (κ2) is 6.03. The van der Waals surface area contributed by atoms with Crippen LogP contribution in [-0.4, -0.2) is 51.6 Å². The zero-order valence-electron chi connectivity index (χ0n) is 12.0. The normalized spacial score (nSPS) is 19.0. The molecule has 0 bridgehead atoms. The number of aryl methyl sites for hydroxylation is 1. The summed E-state index contributed by atoms with van der Waals surface area (Å²) >= 11 is 1.78. The molecule has 1 unspecified atom stereocenters. The Kier molecular flexibility index (Phi) is 4.12. The molecule has 3 rings (SSSR count). The second-order valence-corrected chi connectivity index (χ2v) is 6.37. The van der Waals surface area contributed by atoms with E-state index in [0.29, 0.717) is 12.1 Å². The van der Waals surface area contributed by atoms with Crippen molar-refractivity contribution >= 4 is 28.6 Å². The number of thioether (sulfide) groups is 1. The first-order valence-electron chi connectivity index (χ1n) is 7.06. The van der Waals surface area contributed by atoms with Gasteiger partial charge >= 0.3 is 0 Å². The number of amides is 1. The minimum Gasteiger partial charge on any atom is -0.394 e. The number of hydrogen-bond acceptors (Lipinski definition) is 4. The van der Waals surface area contributed by atoms with E-state index in [0.717, 1.165) is 28.0 Å². The van der Waals surface area contributed by atoms with E-state index in [1.807, 2.05) is 31.2 Å². The number of aromatic nitrogens is 1. The first-order chi connectivity index (χ1) is 10.2. The third-order valence-corrected chi connectivity index (χ3v) is 5.07. The molecule has 1 amide bonds. The van der Waals surface area contributed by atoms with Gasteiger partial charge in [-0.05, 0) is 18.6 Å². The van der Waals surface area contributed by atoms with Crippen LogP contribution >= 0.6 is 11.8 Å². The summed E-state index contributed by atoms with van der Waals surface area (Å²) in [6, 6.07) is 7.75. The number of hydrogen-bond donors (Lipinski definition) is 1. The lowest BCUT2D eigenvalue weighted by Gasteiger charge is -2.34. The molecule has 1 aromatic carbocycles. The van der Waals surface area contributed by atoms with Crippen molar-refractivity contribution in [2.45, 2.75) is 13.0 Å². The fourth-order valence-electron chi connectivity index (χ4n) is 2.72. The summed E-state index contributed by atoms with van der Waals surface area (Å²) in [6.07, 6.45) is 1.66. The predicted octanol–water partition coefficient (Wildman–Crippen LogP) is 2.09. The minimum absolute atomic E-state index is 0.0127. The molecular formula is C16H18N2O2S. The van der Waals surface area contributed by atoms with Crippen LogP contribution in [0.15, 0.2) is 30.5 Å². The van der Waals surface area contributed by atoms with Crippen LogP contribution in [0.25, 0.3) is 10.9 Å². The smallest absolute Gasteiger partial charge is 0.256 e. The molecule has 2 aromatic rings. The quantitative estimate of drug-likeness (QED) is 0.923. The van der Waals surface area contributed by atoms with Crippen molar-refractivity contribution in [3.8, 4) is 0 Å². The van der Waals surface area contributed by atoms with E-state index in [9.17, 15) is 9.90 Å². The number of rotatable bonds is 2. The van der Waals surface area contributed by atoms with Crippen LogP contribution in [0.5, 0.6) is 0 Å². The van der Waals surface area contributed by atoms with Crippen molar-refractivity contribution in [1.29, 1.82) is 0 Å². The Balaban J connectivity index is 1.99. The molecule has 1 N–H and O–H groups in total. The molecule has 1 saturated heterocycles. The van der Waals surface area contributed by atoms with Gasteiger partial charge in [0.25, 0.3) is 5.91 Å². The first-order valence-corrected chi connectivity index (χ1v) is 8.21. The molecule has 5 heteroatoms. The number of aliphatic hydroxyl groups excluding tert-OH is 1. The lowest BCUT2D eigenvalue weighted by molar-refractivity contribution is 0.0631. The zero-order valence-corrected chi connectivity index (χ0v) is 12.8. The van der Waals surface area contributed by atoms with Gasteiger partial charge in [-0.15, -0.1) is 0 Å². The summed E-state index contributed by atoms with van der Waals surface area (Å²) in [7, 11) is 0. The zero-order chi connectivity index (χ0) is 14.8. The maximum absolute atomic E-state index is 12.8. The van der Waals surface area contributed by atoms with Crippen molar-refractivity contribution < 1.29 is 9.90 Å². The number of pyridine rings is 1. The molecule has 0 aliphatic carbocycles. The monoisotopic (exact) mass is 302 g/mol. The highest BCUT2D eigenvalue weighted by molar-refractivity contribution is 7.99. The summed E-state index contributed by atoms with van der Waals surface area (Å²) in [5.74, 6) is 1.69. The molecule has 1 fully saturated rings. The van der Waals surface area contributed by atoms with Crippen LogP contribution in [0.3, 0.4) is 0 Å². The van der Waals surface area contributed by atoms with Gasteiger partial charge in [0.05, 0.1) is 23.7 Å². The number of carbonyl (C=O) groups is 1. The van der Waals surface area contributed by atoms with E-state index in [-0.39, 0.29) is 18.6 Å². The Hall–Kier alpha value is -1.59. The van der Waals surface area contributed by atoms with Crippen LogP contribution in [0, 0.1) is 6.92 Å². The fourth-order valence-corrected chi connectivity index (χ4v) is 3.77. The number of benzene rings is 1. The van der Waals surface area contributed by atoms with Crippen LogP contribution in [0.2, 0.25) is 0 Å². The van der Waals surface area contributed by atoms with Gasteiger partial charge in [-0.1, -0.05) is 18.2 Å². The molecule has 0 spiro atoms. The summed E-state index contributed by atoms with van der Waals surface area (Å²) in [6.45, 7) is 2.66. The number of fused-ring (bicyclic) bond motifs is 1. The number of nitrogens with zero attached hydrogens (tertiary/aromatic N) is 2. The standard InChI is InChI=1S/C16H18N2O2S/c1-11-13-4-2-3-5-15(13)17-8-14(11)16(20)18-6-7-21-10-12(18)9-19/h2-5,8,12,19H,6-7,9-10H2,1H3. The maximum Gasteiger partial charge on any atom is 0.256 e. The molecule has 110 valence electrons. The Morgan fingerprint density at radius 1 is 1.48 bits per heavy atom. The van der Waals surface area contributed by atoms with E-state index in [1.54, 1.807) is 22.9 Å². The third kappa shape index (κ3) is 2.63. The van der Waals surface area contributed by atoms with E-state index in [4.69, 9.17) is 0 Å². The Bertz CT molecular complexity index is 674. The summed E-state index contributed by atoms with van der Waals surface area (Å²) in [5, 5.41) is 10.5. The molecule has 1 aliphatic rings. The van der Waals surface area contributed by atoms with E-state index < -0.39 is 0 Å². The van der Waals surface area contributed by atoms with Crippen LogP contribution in [0.1, 0.15) is 15.9 Å². The van der Waals surface area contributed by atoms with E-state index >= 15 is 0 Å². The molecule has 2 heterocycles. The third-order valence-electron chi connectivity index (χ3n) is 3.97. The van der Waals surface area contributed by atoms with Gasteiger partial charge in [0.1, 0.15) is 0 Å². The van der Waals surface area contributed by atoms with Crippen molar-refractivity contribution in [3.63, 3.8) is 0 Å². The Labute approximate surface area is 128 Å². The van der Waals surface area contributed by atoms with Gasteiger partial charge in [0.15, 0.2) is 0 Å². The van der Waals surface area contributed by atoms with Gasteiger partial charge in [-0.25, -0.2) is 0 Å². The summed E-state index contributed by atoms with van der Waals surface area (Å²) in [4.78, 5) is 19.0. The molecule has 1 aromatic heterocycles. The van der Waals surface area contributed by atoms with E-state index in [2.05, 4.69) is 4.98 Å². The topological polar surface area (TPSA) is 53.4 Å². The van der Waals surface area contributed by atoms with Crippen molar-refractivity contribution in [2.75, 3.05) is 24.7 Å². The van der Waals surface area contributed by atoms with Crippen molar-refractivity contribution in [1.82, 2.24) is 9.88 Å². The lowest BCUT2D eigenvalue weighted by atomic mass is 10.0. The average molecular weight is 302 g/mol. The van der Waals surface area contributed by atoms with Crippen LogP contribution < -0.4 is 0 Å². The van der Waals surface area contributed by atoms with Gasteiger partial charge in [-0.2, -0.15) is 11.8 Å². The molecule has 1 aliphatic heterocycles. The summed E-state index contributed by atoms with van der Waals surface area (Å²) < 4.78 is 0. The number of carbonyl (C=O) groups excluding carboxylic acids is 1. The highest BCUT2D eigenvalue weighted by Crippen LogP contribution is 2.23. The highest BCUT2D eigenvalue weighted by atomic mass is 32.2. The van der Waals surface area contributed by atoms with Gasteiger partial charge in [0, 0.05) is 29.6 Å². The Morgan fingerprint density at radius 3 is 3.10 bits per heavy atom. The number of aliphatic hydroxyl groups is 1. The lowest BCUT2D eigenvalue weighted by Crippen LogP contribution is -2.48. The molecular weight excluding hydrogens is 284 g/mol. The fraction of sp³-hybridized carbons (Fsp3) is 0.375. The van der Waals surface area contributed by atoms with Gasteiger partial charge in [0.2, 0.25) is 0 Å². The minimum atomic E-state index is -0.0953. The van der Waals surface area contributed by atoms with Gasteiger partial charge in [-0.3, -0.25) is 9.78 Å². The molecule has 21 heavy (non-hydrogen) atoms. The van der Waals surface area contributed by atoms with Gasteiger partial charge < -0.3 is 10.0 Å².